The molecule has 1 aliphatic heterocycles. The molecule has 6 nitrogen and oxygen atoms in total. The van der Waals surface area contributed by atoms with Gasteiger partial charge in [-0.2, -0.15) is 5.10 Å². The smallest absolute Gasteiger partial charge is 0.176 e. The molecule has 158 valence electrons. The van der Waals surface area contributed by atoms with Gasteiger partial charge in [-0.3, -0.25) is 14.4 Å². The van der Waals surface area contributed by atoms with Gasteiger partial charge in [0, 0.05) is 30.7 Å². The van der Waals surface area contributed by atoms with Crippen LogP contribution in [0, 0.1) is 0 Å². The fraction of sp³-hybridized carbons (Fsp3) is 0.478. The van der Waals surface area contributed by atoms with Gasteiger partial charge >= 0.3 is 0 Å². The van der Waals surface area contributed by atoms with Crippen LogP contribution < -0.4 is 0 Å². The number of benzene rings is 1. The molecule has 1 aromatic carbocycles. The van der Waals surface area contributed by atoms with E-state index in [-0.39, 0.29) is 6.42 Å². The van der Waals surface area contributed by atoms with E-state index in [1.807, 2.05) is 30.1 Å². The Morgan fingerprint density at radius 1 is 1.17 bits per heavy atom. The van der Waals surface area contributed by atoms with Gasteiger partial charge in [0.05, 0.1) is 23.8 Å². The maximum Gasteiger partial charge on any atom is 0.176 e. The van der Waals surface area contributed by atoms with Crippen LogP contribution in [0.25, 0.3) is 22.0 Å². The first-order valence-corrected chi connectivity index (χ1v) is 10.5. The molecule has 0 unspecified atom stereocenters. The Bertz CT molecular complexity index is 1060. The number of likely N-dealkylation sites (tertiary alicyclic amines) is 1. The molecule has 0 saturated carbocycles. The summed E-state index contributed by atoms with van der Waals surface area (Å²) in [7, 11) is 1.98. The van der Waals surface area contributed by atoms with Crippen molar-refractivity contribution in [3.63, 3.8) is 0 Å². The molecule has 0 atom stereocenters. The fourth-order valence-corrected chi connectivity index (χ4v) is 3.89. The van der Waals surface area contributed by atoms with Crippen molar-refractivity contribution in [2.75, 3.05) is 13.1 Å². The molecule has 3 aromatic rings. The van der Waals surface area contributed by atoms with Crippen molar-refractivity contribution < 1.29 is 9.18 Å². The zero-order valence-corrected chi connectivity index (χ0v) is 17.9. The lowest BCUT2D eigenvalue weighted by atomic mass is 10.0. The Morgan fingerprint density at radius 3 is 2.67 bits per heavy atom. The standard InChI is InChI=1S/C23H28FN5O/c1-23(2,24)21(30)12-22-25-13-17-8-7-16(11-19(17)27-22)18-14-26-28(3)20(18)15-29-9-5-4-6-10-29/h7-8,11,13-14H,4-6,9-10,12,15H2,1-3H3. The number of ketones is 1. The van der Waals surface area contributed by atoms with Crippen molar-refractivity contribution in [2.45, 2.75) is 51.7 Å². The summed E-state index contributed by atoms with van der Waals surface area (Å²) >= 11 is 0. The SMILES string of the molecule is Cn1ncc(-c2ccc3cnc(CC(=O)C(C)(C)F)nc3c2)c1CN1CCCCC1. The minimum absolute atomic E-state index is 0.114. The van der Waals surface area contributed by atoms with E-state index in [1.165, 1.54) is 38.8 Å². The maximum atomic E-state index is 13.9. The Morgan fingerprint density at radius 2 is 1.93 bits per heavy atom. The van der Waals surface area contributed by atoms with E-state index in [0.717, 1.165) is 41.7 Å². The molecule has 0 spiro atoms. The van der Waals surface area contributed by atoms with Crippen LogP contribution in [0.4, 0.5) is 4.39 Å². The van der Waals surface area contributed by atoms with Crippen molar-refractivity contribution in [2.24, 2.45) is 7.05 Å². The highest BCUT2D eigenvalue weighted by atomic mass is 19.1. The monoisotopic (exact) mass is 409 g/mol. The zero-order chi connectivity index (χ0) is 21.3. The number of hydrogen-bond donors (Lipinski definition) is 0. The van der Waals surface area contributed by atoms with Gasteiger partial charge in [-0.25, -0.2) is 14.4 Å². The van der Waals surface area contributed by atoms with Crippen LogP contribution in [0.3, 0.4) is 0 Å². The summed E-state index contributed by atoms with van der Waals surface area (Å²) in [6.07, 6.45) is 7.28. The Labute approximate surface area is 176 Å². The lowest BCUT2D eigenvalue weighted by Crippen LogP contribution is -2.30. The summed E-state index contributed by atoms with van der Waals surface area (Å²) in [5.41, 5.74) is 2.16. The molecule has 0 amide bonds. The molecular weight excluding hydrogens is 381 g/mol. The number of carbonyl (C=O) groups is 1. The molecule has 0 radical (unpaired) electrons. The fourth-order valence-electron chi connectivity index (χ4n) is 3.89. The maximum absolute atomic E-state index is 13.9. The quantitative estimate of drug-likeness (QED) is 0.618. The summed E-state index contributed by atoms with van der Waals surface area (Å²) in [6, 6.07) is 6.03. The highest BCUT2D eigenvalue weighted by molar-refractivity contribution is 5.88. The predicted molar refractivity (Wildman–Crippen MR) is 115 cm³/mol. The highest BCUT2D eigenvalue weighted by Gasteiger charge is 2.27. The number of aromatic nitrogens is 4. The number of Topliss-reactive ketones (excluding diaryl/α,β-unsaturated/α-hetero) is 1. The first kappa shape index (κ1) is 20.6. The summed E-state index contributed by atoms with van der Waals surface area (Å²) in [5, 5.41) is 5.38. The van der Waals surface area contributed by atoms with E-state index >= 15 is 0 Å². The van der Waals surface area contributed by atoms with Crippen molar-refractivity contribution in [1.29, 1.82) is 0 Å². The molecule has 3 heterocycles. The summed E-state index contributed by atoms with van der Waals surface area (Å²) < 4.78 is 15.8. The zero-order valence-electron chi connectivity index (χ0n) is 17.9. The number of nitrogens with zero attached hydrogens (tertiary/aromatic N) is 5. The average Bonchev–Trinajstić information content (AvgIpc) is 3.08. The number of carbonyl (C=O) groups excluding carboxylic acids is 1. The van der Waals surface area contributed by atoms with Gasteiger partial charge in [-0.05, 0) is 51.4 Å². The number of halogens is 1. The van der Waals surface area contributed by atoms with Gasteiger partial charge in [0.15, 0.2) is 11.5 Å². The first-order chi connectivity index (χ1) is 14.3. The number of alkyl halides is 1. The van der Waals surface area contributed by atoms with Crippen molar-refractivity contribution in [3.05, 3.63) is 42.1 Å². The van der Waals surface area contributed by atoms with E-state index in [4.69, 9.17) is 0 Å². The topological polar surface area (TPSA) is 63.9 Å². The number of rotatable bonds is 6. The van der Waals surface area contributed by atoms with Crippen LogP contribution in [0.2, 0.25) is 0 Å². The third-order valence-corrected chi connectivity index (χ3v) is 5.81. The Kier molecular flexibility index (Phi) is 5.64. The molecule has 4 rings (SSSR count). The molecule has 0 bridgehead atoms. The van der Waals surface area contributed by atoms with Gasteiger partial charge in [-0.15, -0.1) is 0 Å². The van der Waals surface area contributed by atoms with Crippen LogP contribution in [-0.4, -0.2) is 49.2 Å². The van der Waals surface area contributed by atoms with Crippen LogP contribution in [0.5, 0.6) is 0 Å². The van der Waals surface area contributed by atoms with E-state index in [9.17, 15) is 9.18 Å². The summed E-state index contributed by atoms with van der Waals surface area (Å²) in [5.74, 6) is -0.177. The molecule has 1 aliphatic rings. The van der Waals surface area contributed by atoms with E-state index in [0.29, 0.717) is 5.82 Å². The van der Waals surface area contributed by atoms with Crippen molar-refractivity contribution in [1.82, 2.24) is 24.6 Å². The second-order valence-corrected chi connectivity index (χ2v) is 8.60. The van der Waals surface area contributed by atoms with Gasteiger partial charge in [0.25, 0.3) is 0 Å². The molecule has 1 fully saturated rings. The summed E-state index contributed by atoms with van der Waals surface area (Å²) in [4.78, 5) is 23.3. The number of aryl methyl sites for hydroxylation is 1. The van der Waals surface area contributed by atoms with Crippen LogP contribution >= 0.6 is 0 Å². The van der Waals surface area contributed by atoms with Gasteiger partial charge < -0.3 is 0 Å². The molecule has 7 heteroatoms. The Balaban J connectivity index is 1.64. The van der Waals surface area contributed by atoms with Crippen molar-refractivity contribution in [3.8, 4) is 11.1 Å². The predicted octanol–water partition coefficient (Wildman–Crippen LogP) is 3.88. The second-order valence-electron chi connectivity index (χ2n) is 8.60. The molecule has 0 N–H and O–H groups in total. The lowest BCUT2D eigenvalue weighted by molar-refractivity contribution is -0.127. The first-order valence-electron chi connectivity index (χ1n) is 10.5. The minimum Gasteiger partial charge on any atom is -0.298 e. The third-order valence-electron chi connectivity index (χ3n) is 5.81. The summed E-state index contributed by atoms with van der Waals surface area (Å²) in [6.45, 7) is 5.65. The molecule has 30 heavy (non-hydrogen) atoms. The van der Waals surface area contributed by atoms with Gasteiger partial charge in [0.2, 0.25) is 0 Å². The molecule has 0 aliphatic carbocycles. The normalized spacial score (nSPS) is 15.6. The molecule has 1 saturated heterocycles. The van der Waals surface area contributed by atoms with E-state index in [2.05, 4.69) is 26.0 Å². The highest BCUT2D eigenvalue weighted by Crippen LogP contribution is 2.28. The molecular formula is C23H28FN5O. The molecule has 2 aromatic heterocycles. The second kappa shape index (κ2) is 8.22. The van der Waals surface area contributed by atoms with E-state index < -0.39 is 11.5 Å². The number of piperidine rings is 1. The van der Waals surface area contributed by atoms with Gasteiger partial charge in [0.1, 0.15) is 5.82 Å². The Hall–Kier alpha value is -2.67. The van der Waals surface area contributed by atoms with Gasteiger partial charge in [-0.1, -0.05) is 18.6 Å². The van der Waals surface area contributed by atoms with Crippen LogP contribution in [0.15, 0.2) is 30.6 Å². The largest absolute Gasteiger partial charge is 0.298 e. The van der Waals surface area contributed by atoms with Crippen LogP contribution in [0.1, 0.15) is 44.6 Å². The lowest BCUT2D eigenvalue weighted by Gasteiger charge is -2.26. The number of hydrogen-bond acceptors (Lipinski definition) is 5. The number of fused-ring (bicyclic) bond motifs is 1. The average molecular weight is 410 g/mol. The minimum atomic E-state index is -1.89. The van der Waals surface area contributed by atoms with Crippen molar-refractivity contribution >= 4 is 16.7 Å². The van der Waals surface area contributed by atoms with Crippen LogP contribution in [-0.2, 0) is 24.8 Å². The van der Waals surface area contributed by atoms with E-state index in [1.54, 1.807) is 6.20 Å². The third kappa shape index (κ3) is 4.41.